The fraction of sp³-hybridized carbons (Fsp3) is 0.643. The zero-order valence-corrected chi connectivity index (χ0v) is 11.7. The Morgan fingerprint density at radius 1 is 1.15 bits per heavy atom. The van der Waals surface area contributed by atoms with Crippen molar-refractivity contribution in [2.75, 3.05) is 39.3 Å². The first-order valence-electron chi connectivity index (χ1n) is 7.42. The third kappa shape index (κ3) is 2.46. The minimum atomic E-state index is 0.157. The van der Waals surface area contributed by atoms with Crippen molar-refractivity contribution in [2.24, 2.45) is 5.92 Å². The molecule has 2 aliphatic heterocycles. The summed E-state index contributed by atoms with van der Waals surface area (Å²) in [7, 11) is 0. The molecular weight excluding hydrogens is 254 g/mol. The van der Waals surface area contributed by atoms with Crippen molar-refractivity contribution in [1.29, 1.82) is 0 Å². The van der Waals surface area contributed by atoms with Crippen LogP contribution in [0.3, 0.4) is 0 Å². The molecule has 2 saturated heterocycles. The van der Waals surface area contributed by atoms with Crippen LogP contribution in [0.15, 0.2) is 18.6 Å². The number of quaternary nitrogens is 1. The molecule has 6 nitrogen and oxygen atoms in total. The minimum absolute atomic E-state index is 0.157. The van der Waals surface area contributed by atoms with Gasteiger partial charge in [-0.3, -0.25) is 0 Å². The summed E-state index contributed by atoms with van der Waals surface area (Å²) in [4.78, 5) is 21.5. The van der Waals surface area contributed by atoms with E-state index in [1.807, 2.05) is 6.07 Å². The molecule has 0 aliphatic carbocycles. The summed E-state index contributed by atoms with van der Waals surface area (Å²) in [5, 5.41) is 6.67. The van der Waals surface area contributed by atoms with Gasteiger partial charge in [0.1, 0.15) is 19.4 Å². The quantitative estimate of drug-likeness (QED) is 0.739. The van der Waals surface area contributed by atoms with Crippen LogP contribution in [0.4, 0.5) is 5.82 Å². The molecule has 0 spiro atoms. The van der Waals surface area contributed by atoms with Gasteiger partial charge in [-0.1, -0.05) is 0 Å². The first-order chi connectivity index (χ1) is 9.83. The number of amides is 1. The van der Waals surface area contributed by atoms with E-state index in [1.165, 1.54) is 0 Å². The number of aromatic nitrogens is 2. The molecule has 6 heteroatoms. The third-order valence-electron chi connectivity index (χ3n) is 4.46. The zero-order valence-electron chi connectivity index (χ0n) is 11.7. The van der Waals surface area contributed by atoms with Crippen molar-refractivity contribution in [3.63, 3.8) is 0 Å². The lowest BCUT2D eigenvalue weighted by atomic mass is 9.94. The molecular formula is C14H22N5O+. The molecule has 0 atom stereocenters. The zero-order chi connectivity index (χ0) is 13.8. The van der Waals surface area contributed by atoms with Crippen molar-refractivity contribution in [2.45, 2.75) is 12.8 Å². The number of hydrogen-bond donors (Lipinski definition) is 2. The number of rotatable bonds is 2. The lowest BCUT2D eigenvalue weighted by molar-refractivity contribution is -0.136. The number of piperazine rings is 1. The highest BCUT2D eigenvalue weighted by Gasteiger charge is 2.45. The SMILES string of the molecule is O=C(C1CCNCC1)[N+]1(c2ccncn2)CCNCC1. The van der Waals surface area contributed by atoms with Crippen LogP contribution in [0.1, 0.15) is 12.8 Å². The molecule has 1 aromatic heterocycles. The Labute approximate surface area is 119 Å². The van der Waals surface area contributed by atoms with E-state index in [2.05, 4.69) is 20.6 Å². The van der Waals surface area contributed by atoms with Crippen molar-refractivity contribution in [3.8, 4) is 0 Å². The van der Waals surface area contributed by atoms with E-state index in [4.69, 9.17) is 0 Å². The van der Waals surface area contributed by atoms with E-state index < -0.39 is 0 Å². The maximum absolute atomic E-state index is 13.1. The molecule has 2 fully saturated rings. The average Bonchev–Trinajstić information content (AvgIpc) is 2.56. The van der Waals surface area contributed by atoms with Gasteiger partial charge in [0.05, 0.1) is 5.92 Å². The number of nitrogens with one attached hydrogen (secondary N) is 2. The van der Waals surface area contributed by atoms with E-state index >= 15 is 0 Å². The van der Waals surface area contributed by atoms with Gasteiger partial charge in [0.2, 0.25) is 5.82 Å². The van der Waals surface area contributed by atoms with Crippen LogP contribution in [0, 0.1) is 5.92 Å². The molecule has 0 aromatic carbocycles. The smallest absolute Gasteiger partial charge is 0.317 e. The molecule has 0 saturated carbocycles. The lowest BCUT2D eigenvalue weighted by Gasteiger charge is -2.40. The predicted octanol–water partition coefficient (Wildman–Crippen LogP) is -0.0867. The summed E-state index contributed by atoms with van der Waals surface area (Å²) in [5.74, 6) is 1.35. The van der Waals surface area contributed by atoms with Crippen LogP contribution >= 0.6 is 0 Å². The van der Waals surface area contributed by atoms with Crippen LogP contribution in [0.5, 0.6) is 0 Å². The van der Waals surface area contributed by atoms with Crippen molar-refractivity contribution in [1.82, 2.24) is 25.1 Å². The number of carbonyl (C=O) groups is 1. The molecule has 2 aliphatic rings. The van der Waals surface area contributed by atoms with Gasteiger partial charge < -0.3 is 10.6 Å². The van der Waals surface area contributed by atoms with Crippen LogP contribution in [-0.4, -0.2) is 55.1 Å². The Bertz CT molecular complexity index is 452. The fourth-order valence-electron chi connectivity index (χ4n) is 3.29. The van der Waals surface area contributed by atoms with Crippen molar-refractivity contribution < 1.29 is 4.79 Å². The molecule has 3 heterocycles. The highest BCUT2D eigenvalue weighted by atomic mass is 16.2. The van der Waals surface area contributed by atoms with Crippen LogP contribution in [-0.2, 0) is 4.79 Å². The van der Waals surface area contributed by atoms with E-state index in [9.17, 15) is 4.79 Å². The van der Waals surface area contributed by atoms with Crippen molar-refractivity contribution >= 4 is 11.7 Å². The molecule has 0 radical (unpaired) electrons. The average molecular weight is 276 g/mol. The highest BCUT2D eigenvalue weighted by Crippen LogP contribution is 2.27. The Morgan fingerprint density at radius 3 is 2.50 bits per heavy atom. The van der Waals surface area contributed by atoms with E-state index in [0.29, 0.717) is 10.4 Å². The molecule has 3 rings (SSSR count). The normalized spacial score (nSPS) is 23.4. The molecule has 20 heavy (non-hydrogen) atoms. The second kappa shape index (κ2) is 5.95. The summed E-state index contributed by atoms with van der Waals surface area (Å²) in [6.45, 7) is 5.19. The summed E-state index contributed by atoms with van der Waals surface area (Å²) >= 11 is 0. The molecule has 108 valence electrons. The number of hydrogen-bond acceptors (Lipinski definition) is 5. The summed E-state index contributed by atoms with van der Waals surface area (Å²) in [6.07, 6.45) is 5.17. The van der Waals surface area contributed by atoms with Gasteiger partial charge in [0.15, 0.2) is 0 Å². The van der Waals surface area contributed by atoms with Gasteiger partial charge in [-0.15, -0.1) is 0 Å². The molecule has 1 amide bonds. The van der Waals surface area contributed by atoms with E-state index in [0.717, 1.165) is 57.9 Å². The lowest BCUT2D eigenvalue weighted by Crippen LogP contribution is -2.65. The maximum atomic E-state index is 13.1. The third-order valence-corrected chi connectivity index (χ3v) is 4.46. The topological polar surface area (TPSA) is 66.9 Å². The Morgan fingerprint density at radius 2 is 1.85 bits per heavy atom. The summed E-state index contributed by atoms with van der Waals surface area (Å²) in [5.41, 5.74) is 0. The first-order valence-corrected chi connectivity index (χ1v) is 7.42. The Hall–Kier alpha value is -1.37. The number of piperidine rings is 1. The molecule has 0 unspecified atom stereocenters. The summed E-state index contributed by atoms with van der Waals surface area (Å²) < 4.78 is 0.389. The number of nitrogens with zero attached hydrogens (tertiary/aromatic N) is 3. The van der Waals surface area contributed by atoms with Gasteiger partial charge >= 0.3 is 5.91 Å². The molecule has 1 aromatic rings. The minimum Gasteiger partial charge on any atom is -0.317 e. The summed E-state index contributed by atoms with van der Waals surface area (Å²) in [6, 6.07) is 1.89. The highest BCUT2D eigenvalue weighted by molar-refractivity contribution is 5.89. The molecule has 0 bridgehead atoms. The van der Waals surface area contributed by atoms with E-state index in [-0.39, 0.29) is 5.92 Å². The van der Waals surface area contributed by atoms with Crippen molar-refractivity contribution in [3.05, 3.63) is 18.6 Å². The van der Waals surface area contributed by atoms with Gasteiger partial charge in [-0.05, 0) is 25.9 Å². The van der Waals surface area contributed by atoms with Gasteiger partial charge in [0, 0.05) is 25.4 Å². The molecule has 2 N–H and O–H groups in total. The van der Waals surface area contributed by atoms with Crippen LogP contribution < -0.4 is 15.1 Å². The number of carbonyl (C=O) groups excluding carboxylic acids is 1. The predicted molar refractivity (Wildman–Crippen MR) is 77.0 cm³/mol. The maximum Gasteiger partial charge on any atom is 0.323 e. The van der Waals surface area contributed by atoms with Gasteiger partial charge in [-0.25, -0.2) is 14.3 Å². The fourth-order valence-corrected chi connectivity index (χ4v) is 3.29. The Balaban J connectivity index is 1.91. The monoisotopic (exact) mass is 276 g/mol. The van der Waals surface area contributed by atoms with Crippen LogP contribution in [0.2, 0.25) is 0 Å². The second-order valence-corrected chi connectivity index (χ2v) is 5.60. The second-order valence-electron chi connectivity index (χ2n) is 5.60. The van der Waals surface area contributed by atoms with E-state index in [1.54, 1.807) is 12.5 Å². The van der Waals surface area contributed by atoms with Crippen LogP contribution in [0.25, 0.3) is 0 Å². The van der Waals surface area contributed by atoms with Gasteiger partial charge in [0.25, 0.3) is 0 Å². The van der Waals surface area contributed by atoms with Gasteiger partial charge in [-0.2, -0.15) is 4.98 Å². The standard InChI is InChI=1S/C14H22N5O/c20-14(12-1-4-15-5-2-12)19(9-7-16-8-10-19)13-3-6-17-11-18-13/h3,6,11-12,15-16H,1-2,4-5,7-10H2/q+1. The largest absolute Gasteiger partial charge is 0.323 e. The first kappa shape index (κ1) is 13.6. The Kier molecular flexibility index (Phi) is 4.05.